The van der Waals surface area contributed by atoms with Gasteiger partial charge in [-0.05, 0) is 0 Å². The molecule has 0 saturated carbocycles. The monoisotopic (exact) mass is 353 g/mol. The van der Waals surface area contributed by atoms with E-state index in [1.165, 1.54) is 4.90 Å². The molecule has 0 rings (SSSR count). The second-order valence-electron chi connectivity index (χ2n) is 6.34. The number of carboxylic acid groups (broad SMARTS) is 1. The minimum absolute atomic E-state index is 0.0576. The number of carbonyl (C=O) groups is 2. The van der Waals surface area contributed by atoms with Gasteiger partial charge in [0, 0.05) is 31.6 Å². The van der Waals surface area contributed by atoms with Gasteiger partial charge in [-0.15, -0.1) is 0 Å². The summed E-state index contributed by atoms with van der Waals surface area (Å²) in [7, 11) is -4.20. The Hall–Kier alpha value is -0.830. The highest BCUT2D eigenvalue weighted by atomic mass is 31.2. The number of hydrogen-bond donors (Lipinski definition) is 5. The van der Waals surface area contributed by atoms with E-state index in [0.717, 1.165) is 0 Å². The summed E-state index contributed by atoms with van der Waals surface area (Å²) in [4.78, 5) is 41.8. The number of ketones is 1. The number of carbonyl (C=O) groups excluding carboxylic acids is 1. The Morgan fingerprint density at radius 3 is 1.91 bits per heavy atom. The van der Waals surface area contributed by atoms with Crippen LogP contribution in [0.1, 0.15) is 20.8 Å². The molecule has 0 aromatic rings. The molecule has 136 valence electrons. The average Bonchev–Trinajstić information content (AvgIpc) is 2.35. The minimum atomic E-state index is -4.20. The van der Waals surface area contributed by atoms with Gasteiger partial charge in [0.05, 0.1) is 13.1 Å². The Labute approximate surface area is 136 Å². The molecule has 5 N–H and O–H groups in total. The number of nitrogens with zero attached hydrogens (tertiary/aromatic N) is 1. The van der Waals surface area contributed by atoms with Crippen LogP contribution < -0.4 is 10.6 Å². The van der Waals surface area contributed by atoms with E-state index in [9.17, 15) is 14.2 Å². The van der Waals surface area contributed by atoms with Crippen molar-refractivity contribution in [3.8, 4) is 0 Å². The zero-order valence-corrected chi connectivity index (χ0v) is 14.8. The molecule has 9 nitrogen and oxygen atoms in total. The van der Waals surface area contributed by atoms with Gasteiger partial charge in [-0.1, -0.05) is 20.8 Å². The quantitative estimate of drug-likeness (QED) is 0.228. The van der Waals surface area contributed by atoms with Crippen molar-refractivity contribution in [1.82, 2.24) is 15.5 Å². The smallest absolute Gasteiger partial charge is 0.339 e. The standard InChI is InChI=1S/C13H28N3O6P/c1-13(2,3)11(17)8-14-4-6-16(10-23(20,21)22)7-5-15-9-12(18)19/h14-15H,4-10H2,1-3H3,(H,18,19)(H2,20,21,22). The van der Waals surface area contributed by atoms with Crippen molar-refractivity contribution in [3.05, 3.63) is 0 Å². The van der Waals surface area contributed by atoms with E-state index in [0.29, 0.717) is 26.2 Å². The molecule has 10 heteroatoms. The Kier molecular flexibility index (Phi) is 9.76. The molecule has 0 bridgehead atoms. The average molecular weight is 353 g/mol. The zero-order chi connectivity index (χ0) is 18.1. The van der Waals surface area contributed by atoms with Crippen LogP contribution in [0.15, 0.2) is 0 Å². The van der Waals surface area contributed by atoms with Crippen molar-refractivity contribution in [2.45, 2.75) is 20.8 Å². The van der Waals surface area contributed by atoms with E-state index in [1.54, 1.807) is 0 Å². The second-order valence-corrected chi connectivity index (χ2v) is 7.96. The first kappa shape index (κ1) is 22.2. The van der Waals surface area contributed by atoms with E-state index in [1.807, 2.05) is 20.8 Å². The predicted molar refractivity (Wildman–Crippen MR) is 86.3 cm³/mol. The molecule has 0 heterocycles. The molecule has 0 saturated heterocycles. The third kappa shape index (κ3) is 13.3. The summed E-state index contributed by atoms with van der Waals surface area (Å²) in [5, 5.41) is 14.1. The van der Waals surface area contributed by atoms with Crippen LogP contribution in [0.3, 0.4) is 0 Å². The minimum Gasteiger partial charge on any atom is -0.480 e. The molecule has 0 aliphatic carbocycles. The van der Waals surface area contributed by atoms with Gasteiger partial charge in [-0.2, -0.15) is 0 Å². The summed E-state index contributed by atoms with van der Waals surface area (Å²) in [6.45, 7) is 6.81. The number of Topliss-reactive ketones (excluding diaryl/α,β-unsaturated/α-hetero) is 1. The fraction of sp³-hybridized carbons (Fsp3) is 0.846. The van der Waals surface area contributed by atoms with Gasteiger partial charge in [0.15, 0.2) is 5.78 Å². The third-order valence-electron chi connectivity index (χ3n) is 2.99. The molecule has 0 aliphatic heterocycles. The molecular weight excluding hydrogens is 325 g/mol. The van der Waals surface area contributed by atoms with Crippen molar-refractivity contribution in [3.63, 3.8) is 0 Å². The summed E-state index contributed by atoms with van der Waals surface area (Å²) in [5.41, 5.74) is -0.431. The van der Waals surface area contributed by atoms with Crippen LogP contribution in [0, 0.1) is 5.41 Å². The Bertz CT molecular complexity index is 432. The first-order valence-electron chi connectivity index (χ1n) is 7.35. The SMILES string of the molecule is CC(C)(C)C(=O)CNCCN(CCNCC(=O)O)CP(=O)(O)O. The van der Waals surface area contributed by atoms with E-state index in [4.69, 9.17) is 14.9 Å². The highest BCUT2D eigenvalue weighted by molar-refractivity contribution is 7.51. The lowest BCUT2D eigenvalue weighted by molar-refractivity contribution is -0.136. The third-order valence-corrected chi connectivity index (χ3v) is 3.76. The van der Waals surface area contributed by atoms with Crippen molar-refractivity contribution < 1.29 is 29.0 Å². The maximum absolute atomic E-state index is 11.7. The fourth-order valence-electron chi connectivity index (χ4n) is 1.65. The molecule has 0 radical (unpaired) electrons. The van der Waals surface area contributed by atoms with Crippen LogP contribution in [0.2, 0.25) is 0 Å². The molecule has 0 aromatic heterocycles. The largest absolute Gasteiger partial charge is 0.480 e. The first-order valence-corrected chi connectivity index (χ1v) is 9.15. The lowest BCUT2D eigenvalue weighted by Crippen LogP contribution is -2.40. The highest BCUT2D eigenvalue weighted by Gasteiger charge is 2.21. The molecule has 0 fully saturated rings. The van der Waals surface area contributed by atoms with E-state index < -0.39 is 25.3 Å². The van der Waals surface area contributed by atoms with Crippen molar-refractivity contribution in [2.75, 3.05) is 45.6 Å². The van der Waals surface area contributed by atoms with Crippen LogP contribution in [0.4, 0.5) is 0 Å². The lowest BCUT2D eigenvalue weighted by Gasteiger charge is -2.23. The van der Waals surface area contributed by atoms with Gasteiger partial charge in [-0.25, -0.2) is 0 Å². The fourth-order valence-corrected chi connectivity index (χ4v) is 2.45. The number of nitrogens with one attached hydrogen (secondary N) is 2. The number of aliphatic carboxylic acids is 1. The van der Waals surface area contributed by atoms with Crippen molar-refractivity contribution in [1.29, 1.82) is 0 Å². The Balaban J connectivity index is 4.18. The summed E-state index contributed by atoms with van der Waals surface area (Å²) < 4.78 is 11.1. The second kappa shape index (κ2) is 10.1. The van der Waals surface area contributed by atoms with Gasteiger partial charge in [-0.3, -0.25) is 19.1 Å². The van der Waals surface area contributed by atoms with Crippen LogP contribution in [0.25, 0.3) is 0 Å². The Morgan fingerprint density at radius 1 is 1.04 bits per heavy atom. The topological polar surface area (TPSA) is 139 Å². The van der Waals surface area contributed by atoms with Gasteiger partial charge in [0.1, 0.15) is 6.29 Å². The Morgan fingerprint density at radius 2 is 1.52 bits per heavy atom. The molecular formula is C13H28N3O6P. The van der Waals surface area contributed by atoms with Crippen LogP contribution >= 0.6 is 7.60 Å². The van der Waals surface area contributed by atoms with E-state index in [2.05, 4.69) is 10.6 Å². The normalized spacial score (nSPS) is 12.6. The molecule has 0 unspecified atom stereocenters. The van der Waals surface area contributed by atoms with Crippen molar-refractivity contribution in [2.24, 2.45) is 5.41 Å². The number of rotatable bonds is 12. The molecule has 0 atom stereocenters. The van der Waals surface area contributed by atoms with Gasteiger partial charge in [0.25, 0.3) is 0 Å². The first-order chi connectivity index (χ1) is 10.4. The van der Waals surface area contributed by atoms with Crippen LogP contribution in [-0.4, -0.2) is 77.1 Å². The summed E-state index contributed by atoms with van der Waals surface area (Å²) in [5.74, 6) is -0.934. The van der Waals surface area contributed by atoms with E-state index in [-0.39, 0.29) is 18.9 Å². The number of carboxylic acids is 1. The maximum Gasteiger partial charge on any atom is 0.339 e. The van der Waals surface area contributed by atoms with Gasteiger partial charge in [0.2, 0.25) is 0 Å². The highest BCUT2D eigenvalue weighted by Crippen LogP contribution is 2.34. The molecule has 0 aromatic carbocycles. The zero-order valence-electron chi connectivity index (χ0n) is 13.9. The molecule has 0 aliphatic rings. The summed E-state index contributed by atoms with van der Waals surface area (Å²) in [6, 6.07) is 0. The predicted octanol–water partition coefficient (Wildman–Crippen LogP) is -0.697. The molecule has 0 amide bonds. The van der Waals surface area contributed by atoms with Gasteiger partial charge >= 0.3 is 13.6 Å². The summed E-state index contributed by atoms with van der Waals surface area (Å²) >= 11 is 0. The lowest BCUT2D eigenvalue weighted by atomic mass is 9.91. The van der Waals surface area contributed by atoms with Gasteiger partial charge < -0.3 is 25.5 Å². The molecule has 23 heavy (non-hydrogen) atoms. The summed E-state index contributed by atoms with van der Waals surface area (Å²) in [6.07, 6.45) is -0.406. The molecule has 0 spiro atoms. The van der Waals surface area contributed by atoms with Crippen LogP contribution in [-0.2, 0) is 14.2 Å². The number of hydrogen-bond acceptors (Lipinski definition) is 6. The van der Waals surface area contributed by atoms with Crippen LogP contribution in [0.5, 0.6) is 0 Å². The van der Waals surface area contributed by atoms with Crippen molar-refractivity contribution >= 4 is 19.3 Å². The van der Waals surface area contributed by atoms with E-state index >= 15 is 0 Å². The maximum atomic E-state index is 11.7.